The first-order valence-corrected chi connectivity index (χ1v) is 6.07. The summed E-state index contributed by atoms with van der Waals surface area (Å²) in [7, 11) is 0. The third-order valence-electron chi connectivity index (χ3n) is 3.98. The van der Waals surface area contributed by atoms with Crippen molar-refractivity contribution in [2.45, 2.75) is 32.3 Å². The predicted molar refractivity (Wildman–Crippen MR) is 61.0 cm³/mol. The molecule has 0 aromatic heterocycles. The second-order valence-electron chi connectivity index (χ2n) is 4.83. The normalized spacial score (nSPS) is 31.8. The van der Waals surface area contributed by atoms with Crippen molar-refractivity contribution in [1.29, 1.82) is 0 Å². The van der Waals surface area contributed by atoms with Crippen LogP contribution in [0.5, 0.6) is 0 Å². The maximum atomic E-state index is 11.8. The Hall–Kier alpha value is -1.31. The molecule has 0 spiro atoms. The van der Waals surface area contributed by atoms with Crippen molar-refractivity contribution >= 4 is 5.97 Å². The first-order valence-electron chi connectivity index (χ1n) is 6.07. The highest BCUT2D eigenvalue weighted by Gasteiger charge is 2.45. The minimum Gasteiger partial charge on any atom is -0.462 e. The van der Waals surface area contributed by atoms with Crippen molar-refractivity contribution in [2.75, 3.05) is 0 Å². The Morgan fingerprint density at radius 1 is 1.25 bits per heavy atom. The molecule has 1 saturated heterocycles. The van der Waals surface area contributed by atoms with Crippen LogP contribution in [-0.2, 0) is 22.4 Å². The van der Waals surface area contributed by atoms with Gasteiger partial charge in [0.25, 0.3) is 0 Å². The number of rotatable bonds is 1. The van der Waals surface area contributed by atoms with Crippen LogP contribution in [0.3, 0.4) is 0 Å². The SMILES string of the molecule is CC[C@@H]1OC(=O)[C@H]2Cc3ccccc3C[C@@H]12. The number of ether oxygens (including phenoxy) is 1. The third kappa shape index (κ3) is 1.36. The average Bonchev–Trinajstić information content (AvgIpc) is 2.63. The van der Waals surface area contributed by atoms with Crippen LogP contribution in [0.25, 0.3) is 0 Å². The highest BCUT2D eigenvalue weighted by Crippen LogP contribution is 2.39. The second-order valence-corrected chi connectivity index (χ2v) is 4.83. The summed E-state index contributed by atoms with van der Waals surface area (Å²) < 4.78 is 5.45. The van der Waals surface area contributed by atoms with Crippen molar-refractivity contribution in [2.24, 2.45) is 11.8 Å². The molecule has 1 aromatic carbocycles. The van der Waals surface area contributed by atoms with Crippen molar-refractivity contribution in [3.63, 3.8) is 0 Å². The van der Waals surface area contributed by atoms with Gasteiger partial charge in [-0.15, -0.1) is 0 Å². The van der Waals surface area contributed by atoms with Gasteiger partial charge in [0.1, 0.15) is 6.10 Å². The maximum Gasteiger partial charge on any atom is 0.309 e. The van der Waals surface area contributed by atoms with E-state index in [9.17, 15) is 4.79 Å². The zero-order valence-electron chi connectivity index (χ0n) is 9.48. The number of cyclic esters (lactones) is 1. The second kappa shape index (κ2) is 3.62. The summed E-state index contributed by atoms with van der Waals surface area (Å²) in [5, 5.41) is 0. The molecule has 1 aliphatic heterocycles. The molecule has 1 aliphatic carbocycles. The molecule has 0 unspecified atom stereocenters. The summed E-state index contributed by atoms with van der Waals surface area (Å²) >= 11 is 0. The van der Waals surface area contributed by atoms with Crippen LogP contribution in [0.2, 0.25) is 0 Å². The zero-order chi connectivity index (χ0) is 11.1. The number of hydrogen-bond donors (Lipinski definition) is 0. The molecule has 3 rings (SSSR count). The van der Waals surface area contributed by atoms with Crippen LogP contribution in [0.1, 0.15) is 24.5 Å². The molecule has 0 radical (unpaired) electrons. The fourth-order valence-corrected chi connectivity index (χ4v) is 3.10. The molecule has 0 N–H and O–H groups in total. The van der Waals surface area contributed by atoms with Crippen molar-refractivity contribution < 1.29 is 9.53 Å². The first kappa shape index (κ1) is 9.88. The van der Waals surface area contributed by atoms with Gasteiger partial charge in [-0.05, 0) is 30.4 Å². The van der Waals surface area contributed by atoms with Crippen LogP contribution >= 0.6 is 0 Å². The van der Waals surface area contributed by atoms with Gasteiger partial charge in [0.2, 0.25) is 0 Å². The average molecular weight is 216 g/mol. The van der Waals surface area contributed by atoms with E-state index in [0.29, 0.717) is 5.92 Å². The third-order valence-corrected chi connectivity index (χ3v) is 3.98. The quantitative estimate of drug-likeness (QED) is 0.674. The van der Waals surface area contributed by atoms with E-state index in [-0.39, 0.29) is 18.0 Å². The van der Waals surface area contributed by atoms with Gasteiger partial charge in [-0.25, -0.2) is 0 Å². The monoisotopic (exact) mass is 216 g/mol. The minimum absolute atomic E-state index is 0.0198. The van der Waals surface area contributed by atoms with Crippen LogP contribution < -0.4 is 0 Å². The van der Waals surface area contributed by atoms with E-state index in [4.69, 9.17) is 4.74 Å². The van der Waals surface area contributed by atoms with Gasteiger partial charge in [0, 0.05) is 5.92 Å². The Bertz CT molecular complexity index is 424. The van der Waals surface area contributed by atoms with Crippen LogP contribution in [0, 0.1) is 11.8 Å². The fourth-order valence-electron chi connectivity index (χ4n) is 3.10. The fraction of sp³-hybridized carbons (Fsp3) is 0.500. The van der Waals surface area contributed by atoms with E-state index in [1.165, 1.54) is 11.1 Å². The molecule has 16 heavy (non-hydrogen) atoms. The molecule has 1 heterocycles. The zero-order valence-corrected chi connectivity index (χ0v) is 9.48. The van der Waals surface area contributed by atoms with E-state index in [2.05, 4.69) is 31.2 Å². The molecule has 1 fully saturated rings. The molecule has 0 saturated carbocycles. The van der Waals surface area contributed by atoms with E-state index in [0.717, 1.165) is 19.3 Å². The Kier molecular flexibility index (Phi) is 2.23. The van der Waals surface area contributed by atoms with Gasteiger partial charge >= 0.3 is 5.97 Å². The Morgan fingerprint density at radius 2 is 1.94 bits per heavy atom. The molecular formula is C14H16O2. The molecule has 0 amide bonds. The first-order chi connectivity index (χ1) is 7.79. The summed E-state index contributed by atoms with van der Waals surface area (Å²) in [6.07, 6.45) is 2.96. The smallest absolute Gasteiger partial charge is 0.309 e. The number of esters is 1. The topological polar surface area (TPSA) is 26.3 Å². The van der Waals surface area contributed by atoms with E-state index >= 15 is 0 Å². The van der Waals surface area contributed by atoms with E-state index in [1.807, 2.05) is 0 Å². The lowest BCUT2D eigenvalue weighted by molar-refractivity contribution is -0.144. The van der Waals surface area contributed by atoms with Gasteiger partial charge < -0.3 is 4.74 Å². The lowest BCUT2D eigenvalue weighted by atomic mass is 9.74. The standard InChI is InChI=1S/C14H16O2/c1-2-13-11-7-9-5-3-4-6-10(9)8-12(11)14(15)16-13/h3-6,11-13H,2,7-8H2,1H3/t11-,12+,13+/m1/s1. The number of carbonyl (C=O) groups is 1. The van der Waals surface area contributed by atoms with Crippen LogP contribution in [0.4, 0.5) is 0 Å². The number of hydrogen-bond acceptors (Lipinski definition) is 2. The van der Waals surface area contributed by atoms with Crippen molar-refractivity contribution in [3.05, 3.63) is 35.4 Å². The van der Waals surface area contributed by atoms with Crippen molar-refractivity contribution in [1.82, 2.24) is 0 Å². The lowest BCUT2D eigenvalue weighted by Gasteiger charge is -2.26. The minimum atomic E-state index is 0.0198. The highest BCUT2D eigenvalue weighted by atomic mass is 16.6. The number of carbonyl (C=O) groups excluding carboxylic acids is 1. The van der Waals surface area contributed by atoms with E-state index in [1.54, 1.807) is 0 Å². The van der Waals surface area contributed by atoms with Gasteiger partial charge in [-0.1, -0.05) is 31.2 Å². The van der Waals surface area contributed by atoms with Gasteiger partial charge in [-0.2, -0.15) is 0 Å². The maximum absolute atomic E-state index is 11.8. The molecule has 1 aromatic rings. The highest BCUT2D eigenvalue weighted by molar-refractivity contribution is 5.76. The summed E-state index contributed by atoms with van der Waals surface area (Å²) in [4.78, 5) is 11.8. The van der Waals surface area contributed by atoms with Crippen molar-refractivity contribution in [3.8, 4) is 0 Å². The molecule has 2 aliphatic rings. The Morgan fingerprint density at radius 3 is 2.62 bits per heavy atom. The largest absolute Gasteiger partial charge is 0.462 e. The van der Waals surface area contributed by atoms with Gasteiger partial charge in [0.15, 0.2) is 0 Å². The molecule has 2 heteroatoms. The number of fused-ring (bicyclic) bond motifs is 2. The Labute approximate surface area is 95.6 Å². The van der Waals surface area contributed by atoms with Crippen LogP contribution in [0.15, 0.2) is 24.3 Å². The Balaban J connectivity index is 1.96. The van der Waals surface area contributed by atoms with E-state index < -0.39 is 0 Å². The van der Waals surface area contributed by atoms with Gasteiger partial charge in [-0.3, -0.25) is 4.79 Å². The molecule has 2 nitrogen and oxygen atoms in total. The van der Waals surface area contributed by atoms with Crippen LogP contribution in [-0.4, -0.2) is 12.1 Å². The summed E-state index contributed by atoms with van der Waals surface area (Å²) in [5.41, 5.74) is 2.73. The molecule has 0 bridgehead atoms. The lowest BCUT2D eigenvalue weighted by Crippen LogP contribution is -2.29. The molecule has 84 valence electrons. The summed E-state index contributed by atoms with van der Waals surface area (Å²) in [5.74, 6) is 0.540. The molecule has 3 atom stereocenters. The summed E-state index contributed by atoms with van der Waals surface area (Å²) in [6, 6.07) is 8.45. The van der Waals surface area contributed by atoms with Gasteiger partial charge in [0.05, 0.1) is 5.92 Å². The molecular weight excluding hydrogens is 200 g/mol. The summed E-state index contributed by atoms with van der Waals surface area (Å²) in [6.45, 7) is 2.10. The predicted octanol–water partition coefficient (Wildman–Crippen LogP) is 2.35. The number of benzene rings is 1.